The fraction of sp³-hybridized carbons (Fsp3) is 0.625. The van der Waals surface area contributed by atoms with Crippen LogP contribution in [-0.2, 0) is 49.6 Å². The molecule has 8 amide bonds. The number of amides is 8. The van der Waals surface area contributed by atoms with Crippen LogP contribution >= 0.6 is 0 Å². The molecule has 1 aliphatic heterocycles. The van der Waals surface area contributed by atoms with E-state index in [1.54, 1.807) is 18.2 Å². The Labute approximate surface area is 447 Å². The molecule has 77 heavy (non-hydrogen) atoms. The maximum atomic E-state index is 14.3. The fourth-order valence-electron chi connectivity index (χ4n) is 8.09. The van der Waals surface area contributed by atoms with Crippen molar-refractivity contribution in [1.82, 2.24) is 42.1 Å². The molecular formula is C48H83N17O12. The summed E-state index contributed by atoms with van der Waals surface area (Å²) >= 11 is 0. The predicted molar refractivity (Wildman–Crippen MR) is 284 cm³/mol. The lowest BCUT2D eigenvalue weighted by molar-refractivity contribution is -0.142. The number of benzene rings is 1. The van der Waals surface area contributed by atoms with E-state index in [-0.39, 0.29) is 77.1 Å². The van der Waals surface area contributed by atoms with E-state index in [9.17, 15) is 58.5 Å². The summed E-state index contributed by atoms with van der Waals surface area (Å²) in [7, 11) is 0. The number of unbranched alkanes of at least 4 members (excludes halogenated alkanes) is 2. The highest BCUT2D eigenvalue weighted by molar-refractivity contribution is 5.99. The van der Waals surface area contributed by atoms with Gasteiger partial charge in [0.05, 0.1) is 24.8 Å². The number of carboxylic acid groups (broad SMARTS) is 1. The third kappa shape index (κ3) is 23.5. The molecule has 0 aromatic heterocycles. The summed E-state index contributed by atoms with van der Waals surface area (Å²) in [5.41, 5.74) is 45.8. The molecule has 0 bridgehead atoms. The molecule has 0 saturated carbocycles. The Bertz CT molecular complexity index is 2180. The number of carbonyl (C=O) groups is 9. The zero-order valence-electron chi connectivity index (χ0n) is 43.8. The number of carboxylic acids is 1. The lowest BCUT2D eigenvalue weighted by atomic mass is 10.0. The van der Waals surface area contributed by atoms with Gasteiger partial charge in [-0.05, 0) is 96.3 Å². The number of nitrogens with one attached hydrogen (secondary N) is 7. The molecule has 1 aromatic rings. The van der Waals surface area contributed by atoms with E-state index >= 15 is 0 Å². The number of nitrogens with two attached hydrogens (primary N) is 8. The van der Waals surface area contributed by atoms with Crippen molar-refractivity contribution in [2.24, 2.45) is 50.9 Å². The molecule has 0 unspecified atom stereocenters. The first kappa shape index (κ1) is 66.3. The van der Waals surface area contributed by atoms with Crippen LogP contribution in [0.15, 0.2) is 41.0 Å². The maximum absolute atomic E-state index is 14.3. The van der Waals surface area contributed by atoms with Gasteiger partial charge in [0.2, 0.25) is 47.3 Å². The zero-order valence-corrected chi connectivity index (χ0v) is 43.8. The van der Waals surface area contributed by atoms with Crippen LogP contribution in [0.1, 0.15) is 81.8 Å². The predicted octanol–water partition coefficient (Wildman–Crippen LogP) is -7.22. The minimum atomic E-state index is -1.82. The second kappa shape index (κ2) is 35.5. The topological polar surface area (TPSA) is 522 Å². The van der Waals surface area contributed by atoms with Gasteiger partial charge in [-0.3, -0.25) is 43.3 Å². The molecule has 29 heteroatoms. The van der Waals surface area contributed by atoms with E-state index in [1.807, 2.05) is 13.0 Å². The number of rotatable bonds is 36. The van der Waals surface area contributed by atoms with Crippen LogP contribution in [0.4, 0.5) is 0 Å². The minimum absolute atomic E-state index is 0.00126. The van der Waals surface area contributed by atoms with Crippen molar-refractivity contribution in [1.29, 1.82) is 0 Å². The molecular weight excluding hydrogens is 1010 g/mol. The molecule has 29 nitrogen and oxygen atoms in total. The van der Waals surface area contributed by atoms with Gasteiger partial charge in [-0.2, -0.15) is 0 Å². The van der Waals surface area contributed by atoms with Gasteiger partial charge in [-0.1, -0.05) is 42.3 Å². The van der Waals surface area contributed by atoms with Crippen molar-refractivity contribution in [3.63, 3.8) is 0 Å². The van der Waals surface area contributed by atoms with Crippen LogP contribution < -0.4 is 83.1 Å². The Balaban J connectivity index is 2.32. The van der Waals surface area contributed by atoms with Crippen molar-refractivity contribution in [3.8, 4) is 0 Å². The smallest absolute Gasteiger partial charge is 0.352 e. The monoisotopic (exact) mass is 1090 g/mol. The van der Waals surface area contributed by atoms with Gasteiger partial charge < -0.3 is 103 Å². The summed E-state index contributed by atoms with van der Waals surface area (Å²) in [6, 6.07) is -2.52. The van der Waals surface area contributed by atoms with E-state index in [0.717, 1.165) is 5.56 Å². The number of hydrogen-bond acceptors (Lipinski definition) is 18. The molecule has 1 aromatic carbocycles. The van der Waals surface area contributed by atoms with Crippen molar-refractivity contribution in [2.75, 3.05) is 52.4 Å². The largest absolute Gasteiger partial charge is 0.477 e. The Morgan fingerprint density at radius 3 is 1.94 bits per heavy atom. The number of guanidine groups is 1. The third-order valence-corrected chi connectivity index (χ3v) is 12.3. The highest BCUT2D eigenvalue weighted by Gasteiger charge is 2.40. The number of carbonyl (C=O) groups excluding carboxylic acids is 8. The normalized spacial score (nSPS) is 16.5. The van der Waals surface area contributed by atoms with Crippen LogP contribution in [0.3, 0.4) is 0 Å². The molecule has 26 N–H and O–H groups in total. The first-order valence-electron chi connectivity index (χ1n) is 25.7. The molecule has 432 valence electrons. The summed E-state index contributed by atoms with van der Waals surface area (Å²) in [4.78, 5) is 127. The highest BCUT2D eigenvalue weighted by Crippen LogP contribution is 2.21. The second-order valence-electron chi connectivity index (χ2n) is 18.5. The SMILES string of the molecule is Cc1cccc(C[C@H](NC(=O)[C@@H]2CCCN2C(=O)[C@@H](CCCN)NC(=O)CNC(=O)[C@@H](NC(=O)[C@@H](NC(=O)[C@@H](N)CCCCN)[C@@H](O)CN)[C@@H](O)CN)C(=O)N[C@@H](CCCCN)C(=O)N/C(=C\CCN=C(N)N)C(=O)O)c1. The van der Waals surface area contributed by atoms with Crippen LogP contribution in [0, 0.1) is 6.92 Å². The van der Waals surface area contributed by atoms with Gasteiger partial charge >= 0.3 is 5.97 Å². The highest BCUT2D eigenvalue weighted by atomic mass is 16.4. The zero-order chi connectivity index (χ0) is 57.6. The number of aliphatic carboxylic acids is 1. The standard InChI is InChI=1S/C48H83N17O12/c1-27-10-6-11-28(22-27)23-33(42(71)60-30(13-3-5-18-50)41(70)61-32(47(76)77)15-8-20-57-48(55)56)62-43(72)34-16-9-21-65(34)46(75)31(14-7-19-51)59-37(68)26-58-44(73)38(35(66)24-52)64-45(74)39(36(67)25-53)63-40(69)29(54)12-2-4-17-49/h6,10-11,15,22,29-31,33-36,38-39,66-67H,2-5,7-9,12-14,16-21,23-26,49-54H2,1H3,(H,58,73)(H,59,68)(H,60,71)(H,61,70)(H,62,72)(H,63,69)(H,64,74)(H,76,77)(H4,55,56,57)/b32-15-/t29-,30-,31+,33-,34-,35-,36-,38-,39-/m0/s1. The van der Waals surface area contributed by atoms with Crippen LogP contribution in [0.5, 0.6) is 0 Å². The van der Waals surface area contributed by atoms with Gasteiger partial charge in [0.25, 0.3) is 0 Å². The number of aliphatic hydroxyl groups excluding tert-OH is 2. The van der Waals surface area contributed by atoms with Crippen molar-refractivity contribution >= 4 is 59.2 Å². The van der Waals surface area contributed by atoms with E-state index < -0.39 is 133 Å². The molecule has 0 aliphatic carbocycles. The van der Waals surface area contributed by atoms with Gasteiger partial charge in [0.15, 0.2) is 5.96 Å². The van der Waals surface area contributed by atoms with Crippen LogP contribution in [0.25, 0.3) is 0 Å². The quantitative estimate of drug-likeness (QED) is 0.0128. The summed E-state index contributed by atoms with van der Waals surface area (Å²) in [6.07, 6.45) is 0.742. The Hall–Kier alpha value is -6.86. The number of nitrogens with zero attached hydrogens (tertiary/aromatic N) is 2. The second-order valence-corrected chi connectivity index (χ2v) is 18.5. The van der Waals surface area contributed by atoms with Gasteiger partial charge in [-0.25, -0.2) is 4.79 Å². The molecule has 0 radical (unpaired) electrons. The lowest BCUT2D eigenvalue weighted by Crippen LogP contribution is -2.63. The lowest BCUT2D eigenvalue weighted by Gasteiger charge is -2.30. The van der Waals surface area contributed by atoms with Gasteiger partial charge in [0.1, 0.15) is 41.9 Å². The average molecular weight is 1090 g/mol. The first-order valence-corrected chi connectivity index (χ1v) is 25.7. The Kier molecular flexibility index (Phi) is 30.5. The van der Waals surface area contributed by atoms with Crippen molar-refractivity contribution in [2.45, 2.75) is 138 Å². The number of aryl methyl sites for hydroxylation is 1. The number of likely N-dealkylation sites (tertiary alicyclic amines) is 1. The molecule has 9 atom stereocenters. The molecule has 1 heterocycles. The maximum Gasteiger partial charge on any atom is 0.352 e. The summed E-state index contributed by atoms with van der Waals surface area (Å²) in [6.45, 7) is 0.829. The van der Waals surface area contributed by atoms with Gasteiger partial charge in [0, 0.05) is 32.6 Å². The Morgan fingerprint density at radius 1 is 0.727 bits per heavy atom. The fourth-order valence-corrected chi connectivity index (χ4v) is 8.09. The van der Waals surface area contributed by atoms with Crippen LogP contribution in [-0.4, -0.2) is 186 Å². The molecule has 1 aliphatic rings. The summed E-state index contributed by atoms with van der Waals surface area (Å²) in [5, 5.41) is 48.2. The number of aliphatic imine (C=N–C) groups is 1. The average Bonchev–Trinajstić information content (AvgIpc) is 3.90. The van der Waals surface area contributed by atoms with E-state index in [4.69, 9.17) is 45.9 Å². The third-order valence-electron chi connectivity index (χ3n) is 12.3. The van der Waals surface area contributed by atoms with E-state index in [0.29, 0.717) is 44.2 Å². The summed E-state index contributed by atoms with van der Waals surface area (Å²) < 4.78 is 0. The molecule has 2 rings (SSSR count). The number of hydrogen-bond donors (Lipinski definition) is 18. The molecule has 1 fully saturated rings. The molecule has 1 saturated heterocycles. The van der Waals surface area contributed by atoms with E-state index in [1.165, 1.54) is 11.0 Å². The minimum Gasteiger partial charge on any atom is -0.477 e. The number of aliphatic hydroxyl groups is 2. The Morgan fingerprint density at radius 2 is 1.34 bits per heavy atom. The van der Waals surface area contributed by atoms with Crippen LogP contribution in [0.2, 0.25) is 0 Å². The van der Waals surface area contributed by atoms with Gasteiger partial charge in [-0.15, -0.1) is 0 Å². The van der Waals surface area contributed by atoms with E-state index in [2.05, 4.69) is 42.2 Å². The summed E-state index contributed by atoms with van der Waals surface area (Å²) in [5.74, 6) is -8.66. The molecule has 0 spiro atoms. The van der Waals surface area contributed by atoms with Crippen molar-refractivity contribution in [3.05, 3.63) is 47.2 Å². The van der Waals surface area contributed by atoms with Crippen molar-refractivity contribution < 1.29 is 58.5 Å². The first-order chi connectivity index (χ1) is 36.6.